The summed E-state index contributed by atoms with van der Waals surface area (Å²) in [4.78, 5) is 26.0. The lowest BCUT2D eigenvalue weighted by atomic mass is 9.92. The van der Waals surface area contributed by atoms with Crippen LogP contribution in [0.15, 0.2) is 35.7 Å². The quantitative estimate of drug-likeness (QED) is 0.524. The van der Waals surface area contributed by atoms with E-state index in [1.165, 1.54) is 35.5 Å². The second kappa shape index (κ2) is 8.67. The zero-order valence-electron chi connectivity index (χ0n) is 17.9. The van der Waals surface area contributed by atoms with Crippen LogP contribution < -0.4 is 11.1 Å². The van der Waals surface area contributed by atoms with Gasteiger partial charge in [0.15, 0.2) is 21.3 Å². The van der Waals surface area contributed by atoms with Crippen molar-refractivity contribution in [1.82, 2.24) is 24.7 Å². The van der Waals surface area contributed by atoms with Crippen LogP contribution in [0.4, 0.5) is 11.6 Å². The van der Waals surface area contributed by atoms with Gasteiger partial charge in [-0.3, -0.25) is 9.78 Å². The first-order chi connectivity index (χ1) is 15.9. The third-order valence-corrected chi connectivity index (χ3v) is 8.43. The summed E-state index contributed by atoms with van der Waals surface area (Å²) in [6.07, 6.45) is 9.34. The van der Waals surface area contributed by atoms with E-state index in [9.17, 15) is 13.2 Å². The lowest BCUT2D eigenvalue weighted by Gasteiger charge is -2.26. The van der Waals surface area contributed by atoms with Gasteiger partial charge in [0.05, 0.1) is 27.9 Å². The molecule has 2 aliphatic rings. The Bertz CT molecular complexity index is 1270. The van der Waals surface area contributed by atoms with Crippen LogP contribution in [0, 0.1) is 5.92 Å². The van der Waals surface area contributed by atoms with E-state index in [-0.39, 0.29) is 28.2 Å². The Morgan fingerprint density at radius 3 is 2.70 bits per heavy atom. The van der Waals surface area contributed by atoms with Crippen LogP contribution in [-0.2, 0) is 19.4 Å². The summed E-state index contributed by atoms with van der Waals surface area (Å²) < 4.78 is 32.9. The van der Waals surface area contributed by atoms with Gasteiger partial charge >= 0.3 is 0 Å². The number of rotatable bonds is 7. The topological polar surface area (TPSA) is 155 Å². The SMILES string of the molecule is Nc1cc(S(=O)(=O)C2CC2)c2cnn([C@@H](CC3CCOCC3)C(=O)Nc3cnccn3)c2n1. The molecule has 11 nitrogen and oxygen atoms in total. The van der Waals surface area contributed by atoms with E-state index < -0.39 is 21.1 Å². The maximum Gasteiger partial charge on any atom is 0.250 e. The molecule has 3 N–H and O–H groups in total. The fourth-order valence-corrected chi connectivity index (χ4v) is 6.07. The molecular weight excluding hydrogens is 446 g/mol. The molecule has 1 saturated carbocycles. The van der Waals surface area contributed by atoms with Gasteiger partial charge in [0.1, 0.15) is 11.9 Å². The number of hydrogen-bond donors (Lipinski definition) is 2. The lowest BCUT2D eigenvalue weighted by molar-refractivity contribution is -0.120. The number of nitrogen functional groups attached to an aromatic ring is 1. The van der Waals surface area contributed by atoms with Crippen LogP contribution in [0.1, 0.15) is 38.1 Å². The molecule has 3 aromatic heterocycles. The fraction of sp³-hybridized carbons (Fsp3) is 0.476. The zero-order chi connectivity index (χ0) is 23.0. The highest BCUT2D eigenvalue weighted by molar-refractivity contribution is 7.92. The molecule has 4 heterocycles. The van der Waals surface area contributed by atoms with Gasteiger partial charge in [-0.15, -0.1) is 0 Å². The molecule has 0 unspecified atom stereocenters. The van der Waals surface area contributed by atoms with E-state index in [4.69, 9.17) is 10.5 Å². The van der Waals surface area contributed by atoms with Crippen LogP contribution in [0.25, 0.3) is 11.0 Å². The normalized spacial score (nSPS) is 18.3. The average Bonchev–Trinajstić information content (AvgIpc) is 3.60. The van der Waals surface area contributed by atoms with Crippen LogP contribution in [0.2, 0.25) is 0 Å². The largest absolute Gasteiger partial charge is 0.384 e. The summed E-state index contributed by atoms with van der Waals surface area (Å²) in [7, 11) is -3.53. The minimum atomic E-state index is -3.53. The van der Waals surface area contributed by atoms with E-state index >= 15 is 0 Å². The second-order valence-corrected chi connectivity index (χ2v) is 10.7. The maximum atomic E-state index is 13.4. The molecule has 0 spiro atoms. The number of anilines is 2. The van der Waals surface area contributed by atoms with Crippen molar-refractivity contribution in [3.8, 4) is 0 Å². The molecule has 1 atom stereocenters. The molecule has 12 heteroatoms. The Kier molecular flexibility index (Phi) is 5.71. The zero-order valence-corrected chi connectivity index (χ0v) is 18.7. The molecule has 0 radical (unpaired) electrons. The van der Waals surface area contributed by atoms with E-state index in [0.717, 1.165) is 12.8 Å². The summed E-state index contributed by atoms with van der Waals surface area (Å²) in [5.41, 5.74) is 6.28. The van der Waals surface area contributed by atoms with E-state index in [2.05, 4.69) is 25.4 Å². The molecule has 1 aliphatic heterocycles. The third-order valence-electron chi connectivity index (χ3n) is 6.13. The Morgan fingerprint density at radius 2 is 2.00 bits per heavy atom. The molecule has 1 saturated heterocycles. The molecule has 5 rings (SSSR count). The number of amides is 1. The van der Waals surface area contributed by atoms with Gasteiger partial charge in [0, 0.05) is 25.6 Å². The number of ether oxygens (including phenoxy) is 1. The molecule has 1 amide bonds. The number of fused-ring (bicyclic) bond motifs is 1. The van der Waals surface area contributed by atoms with Gasteiger partial charge in [-0.25, -0.2) is 23.1 Å². The van der Waals surface area contributed by atoms with Crippen molar-refractivity contribution in [2.45, 2.75) is 48.3 Å². The van der Waals surface area contributed by atoms with Crippen molar-refractivity contribution in [2.75, 3.05) is 24.3 Å². The molecule has 0 aromatic carbocycles. The predicted octanol–water partition coefficient (Wildman–Crippen LogP) is 1.74. The van der Waals surface area contributed by atoms with Crippen molar-refractivity contribution in [1.29, 1.82) is 0 Å². The second-order valence-electron chi connectivity index (χ2n) is 8.50. The third kappa shape index (κ3) is 4.40. The van der Waals surface area contributed by atoms with Crippen molar-refractivity contribution >= 4 is 38.4 Å². The van der Waals surface area contributed by atoms with Crippen molar-refractivity contribution in [3.05, 3.63) is 30.9 Å². The van der Waals surface area contributed by atoms with Gasteiger partial charge in [0.25, 0.3) is 5.91 Å². The van der Waals surface area contributed by atoms with E-state index in [0.29, 0.717) is 43.7 Å². The van der Waals surface area contributed by atoms with Crippen molar-refractivity contribution < 1.29 is 17.9 Å². The summed E-state index contributed by atoms with van der Waals surface area (Å²) >= 11 is 0. The molecule has 33 heavy (non-hydrogen) atoms. The Morgan fingerprint density at radius 1 is 1.21 bits per heavy atom. The standard InChI is InChI=1S/C21H25N7O4S/c22-18-10-17(33(30,31)14-1-2-14)15-11-25-28(20(15)26-18)16(9-13-3-7-32-8-4-13)21(29)27-19-12-23-5-6-24-19/h5-6,10-14,16H,1-4,7-9H2,(H2,22,26)(H,24,27,29)/t16-/m0/s1. The van der Waals surface area contributed by atoms with Gasteiger partial charge in [0.2, 0.25) is 0 Å². The summed E-state index contributed by atoms with van der Waals surface area (Å²) in [6, 6.07) is 0.646. The van der Waals surface area contributed by atoms with Crippen LogP contribution in [0.5, 0.6) is 0 Å². The van der Waals surface area contributed by atoms with Crippen LogP contribution >= 0.6 is 0 Å². The molecular formula is C21H25N7O4S. The first-order valence-corrected chi connectivity index (χ1v) is 12.5. The van der Waals surface area contributed by atoms with Crippen molar-refractivity contribution in [2.24, 2.45) is 5.92 Å². The smallest absolute Gasteiger partial charge is 0.250 e. The average molecular weight is 472 g/mol. The fourth-order valence-electron chi connectivity index (χ4n) is 4.22. The summed E-state index contributed by atoms with van der Waals surface area (Å²) in [5, 5.41) is 7.19. The Balaban J connectivity index is 1.55. The lowest BCUT2D eigenvalue weighted by Crippen LogP contribution is -2.31. The molecule has 0 bridgehead atoms. The highest BCUT2D eigenvalue weighted by Gasteiger charge is 2.39. The highest BCUT2D eigenvalue weighted by Crippen LogP contribution is 2.38. The molecule has 3 aromatic rings. The van der Waals surface area contributed by atoms with Crippen LogP contribution in [0.3, 0.4) is 0 Å². The number of nitrogens with one attached hydrogen (secondary N) is 1. The minimum Gasteiger partial charge on any atom is -0.384 e. The van der Waals surface area contributed by atoms with Gasteiger partial charge < -0.3 is 15.8 Å². The highest BCUT2D eigenvalue weighted by atomic mass is 32.2. The minimum absolute atomic E-state index is 0.0719. The maximum absolute atomic E-state index is 13.4. The molecule has 174 valence electrons. The number of aromatic nitrogens is 5. The van der Waals surface area contributed by atoms with E-state index in [1.54, 1.807) is 0 Å². The Hall–Kier alpha value is -3.12. The predicted molar refractivity (Wildman–Crippen MR) is 120 cm³/mol. The number of nitrogens with two attached hydrogens (primary N) is 1. The number of carbonyl (C=O) groups excluding carboxylic acids is 1. The van der Waals surface area contributed by atoms with Crippen molar-refractivity contribution in [3.63, 3.8) is 0 Å². The van der Waals surface area contributed by atoms with Gasteiger partial charge in [-0.1, -0.05) is 0 Å². The number of pyridine rings is 1. The number of hydrogen-bond acceptors (Lipinski definition) is 9. The number of carbonyl (C=O) groups is 1. The summed E-state index contributed by atoms with van der Waals surface area (Å²) in [5.74, 6) is 0.303. The van der Waals surface area contributed by atoms with Gasteiger partial charge in [-0.2, -0.15) is 5.10 Å². The van der Waals surface area contributed by atoms with Gasteiger partial charge in [-0.05, 0) is 44.1 Å². The Labute approximate surface area is 190 Å². The van der Waals surface area contributed by atoms with E-state index in [1.807, 2.05) is 0 Å². The monoisotopic (exact) mass is 471 g/mol. The first kappa shape index (κ1) is 21.7. The first-order valence-electron chi connectivity index (χ1n) is 11.0. The number of sulfone groups is 1. The number of nitrogens with zero attached hydrogens (tertiary/aromatic N) is 5. The molecule has 1 aliphatic carbocycles. The van der Waals surface area contributed by atoms with Crippen LogP contribution in [-0.4, -0.2) is 57.5 Å². The molecule has 2 fully saturated rings. The summed E-state index contributed by atoms with van der Waals surface area (Å²) in [6.45, 7) is 1.27.